The van der Waals surface area contributed by atoms with Crippen LogP contribution in [0.15, 0.2) is 22.9 Å². The van der Waals surface area contributed by atoms with Gasteiger partial charge in [0.2, 0.25) is 0 Å². The summed E-state index contributed by atoms with van der Waals surface area (Å²) in [5, 5.41) is 20.2. The maximum atomic E-state index is 11.4. The molecule has 0 bridgehead atoms. The lowest BCUT2D eigenvalue weighted by molar-refractivity contribution is 0.0690. The molecule has 0 aliphatic carbocycles. The van der Waals surface area contributed by atoms with Crippen molar-refractivity contribution in [3.8, 4) is 0 Å². The van der Waals surface area contributed by atoms with Crippen molar-refractivity contribution in [1.82, 2.24) is 15.4 Å². The van der Waals surface area contributed by atoms with Crippen LogP contribution in [0.25, 0.3) is 0 Å². The number of nitrogens with zero attached hydrogens (tertiary/aromatic N) is 2. The van der Waals surface area contributed by atoms with Crippen LogP contribution in [0.3, 0.4) is 0 Å². The van der Waals surface area contributed by atoms with Gasteiger partial charge >= 0.3 is 5.97 Å². The van der Waals surface area contributed by atoms with Crippen molar-refractivity contribution in [1.29, 1.82) is 0 Å². The summed E-state index contributed by atoms with van der Waals surface area (Å²) in [6.07, 6.45) is 1.25. The summed E-state index contributed by atoms with van der Waals surface area (Å²) in [5.41, 5.74) is -0.0321. The minimum Gasteiger partial charge on any atom is -0.477 e. The van der Waals surface area contributed by atoms with E-state index in [1.165, 1.54) is 18.4 Å². The van der Waals surface area contributed by atoms with Gasteiger partial charge in [-0.2, -0.15) is 5.10 Å². The van der Waals surface area contributed by atoms with Crippen molar-refractivity contribution in [2.75, 3.05) is 5.32 Å². The smallest absolute Gasteiger partial charge is 0.353 e. The van der Waals surface area contributed by atoms with Gasteiger partial charge < -0.3 is 14.9 Å². The van der Waals surface area contributed by atoms with Crippen LogP contribution in [0.1, 0.15) is 21.0 Å². The van der Waals surface area contributed by atoms with E-state index in [4.69, 9.17) is 5.11 Å². The molecule has 1 amide bonds. The molecule has 16 heavy (non-hydrogen) atoms. The summed E-state index contributed by atoms with van der Waals surface area (Å²) < 4.78 is 4.48. The zero-order valence-corrected chi connectivity index (χ0v) is 7.80. The first-order chi connectivity index (χ1) is 7.66. The first-order valence-corrected chi connectivity index (χ1v) is 4.17. The molecule has 0 aliphatic heterocycles. The van der Waals surface area contributed by atoms with Gasteiger partial charge in [0.05, 0.1) is 0 Å². The molecular formula is C8H6N4O4. The second-order valence-electron chi connectivity index (χ2n) is 2.81. The number of hydrogen-bond acceptors (Lipinski definition) is 5. The van der Waals surface area contributed by atoms with E-state index >= 15 is 0 Å². The van der Waals surface area contributed by atoms with Gasteiger partial charge in [0.1, 0.15) is 12.0 Å². The van der Waals surface area contributed by atoms with E-state index < -0.39 is 11.9 Å². The number of aromatic amines is 1. The molecule has 2 aromatic heterocycles. The number of carboxylic acids is 1. The standard InChI is InChI=1S/C8H6N4O4/c13-7(4-1-2-16-12-4)9-6-3-5(8(14)15)10-11-6/h1-3H,(H,14,15)(H2,9,10,11,13). The largest absolute Gasteiger partial charge is 0.477 e. The summed E-state index contributed by atoms with van der Waals surface area (Å²) in [6, 6.07) is 2.57. The lowest BCUT2D eigenvalue weighted by Crippen LogP contribution is -2.12. The summed E-state index contributed by atoms with van der Waals surface area (Å²) >= 11 is 0. The summed E-state index contributed by atoms with van der Waals surface area (Å²) in [7, 11) is 0. The third-order valence-electron chi connectivity index (χ3n) is 1.72. The first-order valence-electron chi connectivity index (χ1n) is 4.17. The number of anilines is 1. The number of carbonyl (C=O) groups excluding carboxylic acids is 1. The fraction of sp³-hybridized carbons (Fsp3) is 0. The van der Waals surface area contributed by atoms with Crippen molar-refractivity contribution in [3.63, 3.8) is 0 Å². The number of hydrogen-bond donors (Lipinski definition) is 3. The number of carbonyl (C=O) groups is 2. The van der Waals surface area contributed by atoms with Gasteiger partial charge in [0.15, 0.2) is 11.5 Å². The third kappa shape index (κ3) is 1.90. The minimum atomic E-state index is -1.16. The lowest BCUT2D eigenvalue weighted by Gasteiger charge is -1.95. The van der Waals surface area contributed by atoms with Crippen LogP contribution in [0.4, 0.5) is 5.82 Å². The van der Waals surface area contributed by atoms with Gasteiger partial charge in [-0.1, -0.05) is 5.16 Å². The Morgan fingerprint density at radius 3 is 2.88 bits per heavy atom. The highest BCUT2D eigenvalue weighted by molar-refractivity contribution is 6.02. The second-order valence-corrected chi connectivity index (χ2v) is 2.81. The molecule has 2 aromatic rings. The van der Waals surface area contributed by atoms with E-state index in [2.05, 4.69) is 25.2 Å². The normalized spacial score (nSPS) is 10.0. The van der Waals surface area contributed by atoms with Crippen molar-refractivity contribution in [3.05, 3.63) is 29.8 Å². The highest BCUT2D eigenvalue weighted by Crippen LogP contribution is 2.07. The van der Waals surface area contributed by atoms with Crippen molar-refractivity contribution >= 4 is 17.7 Å². The predicted octanol–water partition coefficient (Wildman–Crippen LogP) is 0.348. The Morgan fingerprint density at radius 2 is 2.31 bits per heavy atom. The number of amides is 1. The monoisotopic (exact) mass is 222 g/mol. The third-order valence-corrected chi connectivity index (χ3v) is 1.72. The SMILES string of the molecule is O=C(Nc1cc(C(=O)O)[nH]n1)c1ccon1. The van der Waals surface area contributed by atoms with Crippen molar-refractivity contribution in [2.45, 2.75) is 0 Å². The Labute approximate surface area is 88.2 Å². The number of nitrogens with one attached hydrogen (secondary N) is 2. The molecule has 82 valence electrons. The molecule has 8 heteroatoms. The molecule has 3 N–H and O–H groups in total. The topological polar surface area (TPSA) is 121 Å². The van der Waals surface area contributed by atoms with Crippen LogP contribution < -0.4 is 5.32 Å². The molecule has 0 spiro atoms. The highest BCUT2D eigenvalue weighted by Gasteiger charge is 2.13. The van der Waals surface area contributed by atoms with Crippen molar-refractivity contribution < 1.29 is 19.2 Å². The average molecular weight is 222 g/mol. The molecule has 0 fully saturated rings. The van der Waals surface area contributed by atoms with Crippen LogP contribution in [-0.4, -0.2) is 32.3 Å². The molecule has 0 atom stereocenters. The molecule has 0 radical (unpaired) electrons. The maximum absolute atomic E-state index is 11.4. The molecule has 0 saturated carbocycles. The van der Waals surface area contributed by atoms with Crippen LogP contribution in [0.2, 0.25) is 0 Å². The Bertz CT molecular complexity index is 516. The first kappa shape index (κ1) is 9.90. The van der Waals surface area contributed by atoms with E-state index in [0.717, 1.165) is 0 Å². The number of carboxylic acid groups (broad SMARTS) is 1. The molecule has 0 unspecified atom stereocenters. The molecule has 2 rings (SSSR count). The molecular weight excluding hydrogens is 216 g/mol. The highest BCUT2D eigenvalue weighted by atomic mass is 16.5. The van der Waals surface area contributed by atoms with Crippen LogP contribution >= 0.6 is 0 Å². The summed E-state index contributed by atoms with van der Waals surface area (Å²) in [5.74, 6) is -1.59. The van der Waals surface area contributed by atoms with Crippen LogP contribution in [0, 0.1) is 0 Å². The molecule has 2 heterocycles. The fourth-order valence-electron chi connectivity index (χ4n) is 1.01. The van der Waals surface area contributed by atoms with Gasteiger partial charge in [0, 0.05) is 12.1 Å². The molecule has 0 aliphatic rings. The zero-order chi connectivity index (χ0) is 11.5. The average Bonchev–Trinajstić information content (AvgIpc) is 2.87. The van der Waals surface area contributed by atoms with E-state index in [0.29, 0.717) is 0 Å². The minimum absolute atomic E-state index is 0.0832. The van der Waals surface area contributed by atoms with Gasteiger partial charge in [0.25, 0.3) is 5.91 Å². The Kier molecular flexibility index (Phi) is 2.38. The Hall–Kier alpha value is -2.64. The zero-order valence-electron chi connectivity index (χ0n) is 7.80. The van der Waals surface area contributed by atoms with E-state index in [-0.39, 0.29) is 17.2 Å². The number of aromatic carboxylic acids is 1. The summed E-state index contributed by atoms with van der Waals surface area (Å²) in [4.78, 5) is 21.9. The number of aromatic nitrogens is 3. The van der Waals surface area contributed by atoms with Gasteiger partial charge in [-0.25, -0.2) is 4.79 Å². The van der Waals surface area contributed by atoms with Crippen molar-refractivity contribution in [2.24, 2.45) is 0 Å². The molecule has 0 aromatic carbocycles. The Morgan fingerprint density at radius 1 is 1.50 bits per heavy atom. The van der Waals surface area contributed by atoms with Gasteiger partial charge in [-0.3, -0.25) is 9.89 Å². The predicted molar refractivity (Wildman–Crippen MR) is 50.0 cm³/mol. The fourth-order valence-corrected chi connectivity index (χ4v) is 1.01. The van der Waals surface area contributed by atoms with Gasteiger partial charge in [-0.15, -0.1) is 0 Å². The maximum Gasteiger partial charge on any atom is 0.353 e. The van der Waals surface area contributed by atoms with E-state index in [1.807, 2.05) is 0 Å². The van der Waals surface area contributed by atoms with Crippen LogP contribution in [0.5, 0.6) is 0 Å². The lowest BCUT2D eigenvalue weighted by atomic mass is 10.4. The quantitative estimate of drug-likeness (QED) is 0.688. The number of H-pyrrole nitrogens is 1. The number of rotatable bonds is 3. The Balaban J connectivity index is 2.09. The second kappa shape index (κ2) is 3.85. The molecule has 8 nitrogen and oxygen atoms in total. The van der Waals surface area contributed by atoms with Crippen LogP contribution in [-0.2, 0) is 0 Å². The summed E-state index contributed by atoms with van der Waals surface area (Å²) in [6.45, 7) is 0. The van der Waals surface area contributed by atoms with Gasteiger partial charge in [-0.05, 0) is 0 Å². The molecule has 0 saturated heterocycles. The van der Waals surface area contributed by atoms with E-state index in [1.54, 1.807) is 0 Å². The van der Waals surface area contributed by atoms with E-state index in [9.17, 15) is 9.59 Å².